The monoisotopic (exact) mass is 242 g/mol. The van der Waals surface area contributed by atoms with Crippen molar-refractivity contribution in [3.05, 3.63) is 28.0 Å². The number of aromatic nitrogens is 1. The Labute approximate surface area is 87.7 Å². The molecule has 1 heterocycles. The van der Waals surface area contributed by atoms with E-state index in [0.717, 1.165) is 16.7 Å². The number of halogens is 1. The molecule has 1 rings (SSSR count). The van der Waals surface area contributed by atoms with Crippen molar-refractivity contribution >= 4 is 15.9 Å². The summed E-state index contributed by atoms with van der Waals surface area (Å²) >= 11 is 3.35. The molecule has 1 aromatic rings. The van der Waals surface area contributed by atoms with Gasteiger partial charge in [-0.25, -0.2) is 4.98 Å². The van der Waals surface area contributed by atoms with Gasteiger partial charge in [0.15, 0.2) is 0 Å². The summed E-state index contributed by atoms with van der Waals surface area (Å²) in [6.07, 6.45) is 0.804. The van der Waals surface area contributed by atoms with E-state index in [1.165, 1.54) is 5.56 Å². The fourth-order valence-corrected chi connectivity index (χ4v) is 1.50. The van der Waals surface area contributed by atoms with Crippen LogP contribution in [0, 0.1) is 6.92 Å². The topological polar surface area (TPSA) is 38.9 Å². The van der Waals surface area contributed by atoms with Crippen molar-refractivity contribution in [3.8, 4) is 0 Å². The Balaban J connectivity index is 2.94. The Morgan fingerprint density at radius 1 is 1.46 bits per heavy atom. The molecule has 0 saturated carbocycles. The third kappa shape index (κ3) is 3.44. The standard InChI is InChI=1S/C10H15BrN2/c1-7-4-5-9(11)13-8(7)6-10(2,3)12/h4-5H,6,12H2,1-3H3. The van der Waals surface area contributed by atoms with Crippen LogP contribution in [0.25, 0.3) is 0 Å². The number of rotatable bonds is 2. The fourth-order valence-electron chi connectivity index (χ4n) is 1.15. The molecule has 2 nitrogen and oxygen atoms in total. The van der Waals surface area contributed by atoms with Gasteiger partial charge in [0.05, 0.1) is 0 Å². The van der Waals surface area contributed by atoms with Gasteiger partial charge in [0.2, 0.25) is 0 Å². The van der Waals surface area contributed by atoms with Crippen LogP contribution < -0.4 is 5.73 Å². The lowest BCUT2D eigenvalue weighted by molar-refractivity contribution is 0.508. The van der Waals surface area contributed by atoms with E-state index in [9.17, 15) is 0 Å². The Kier molecular flexibility index (Phi) is 3.09. The second kappa shape index (κ2) is 3.76. The first-order chi connectivity index (χ1) is 5.88. The molecule has 0 unspecified atom stereocenters. The van der Waals surface area contributed by atoms with Crippen molar-refractivity contribution in [1.82, 2.24) is 4.98 Å². The molecule has 3 heteroatoms. The molecular formula is C10H15BrN2. The van der Waals surface area contributed by atoms with Gasteiger partial charge < -0.3 is 5.73 Å². The Morgan fingerprint density at radius 3 is 2.62 bits per heavy atom. The van der Waals surface area contributed by atoms with Gasteiger partial charge in [-0.1, -0.05) is 6.07 Å². The van der Waals surface area contributed by atoms with Gasteiger partial charge in [-0.15, -0.1) is 0 Å². The molecule has 13 heavy (non-hydrogen) atoms. The lowest BCUT2D eigenvalue weighted by Crippen LogP contribution is -2.35. The predicted octanol–water partition coefficient (Wildman–Crippen LogP) is 2.43. The van der Waals surface area contributed by atoms with Crippen LogP contribution in [-0.2, 0) is 6.42 Å². The molecule has 1 aromatic heterocycles. The molecule has 0 saturated heterocycles. The molecule has 0 amide bonds. The molecule has 0 aliphatic heterocycles. The van der Waals surface area contributed by atoms with Gasteiger partial charge in [0.1, 0.15) is 4.60 Å². The molecular weight excluding hydrogens is 228 g/mol. The highest BCUT2D eigenvalue weighted by Crippen LogP contribution is 2.15. The highest BCUT2D eigenvalue weighted by molar-refractivity contribution is 9.10. The first-order valence-corrected chi connectivity index (χ1v) is 5.09. The van der Waals surface area contributed by atoms with Gasteiger partial charge in [-0.3, -0.25) is 0 Å². The number of hydrogen-bond acceptors (Lipinski definition) is 2. The molecule has 72 valence electrons. The lowest BCUT2D eigenvalue weighted by Gasteiger charge is -2.18. The van der Waals surface area contributed by atoms with E-state index in [2.05, 4.69) is 33.9 Å². The summed E-state index contributed by atoms with van der Waals surface area (Å²) in [5.74, 6) is 0. The Morgan fingerprint density at radius 2 is 2.08 bits per heavy atom. The van der Waals surface area contributed by atoms with E-state index < -0.39 is 0 Å². The lowest BCUT2D eigenvalue weighted by atomic mass is 9.97. The largest absolute Gasteiger partial charge is 0.325 e. The summed E-state index contributed by atoms with van der Waals surface area (Å²) in [7, 11) is 0. The zero-order valence-electron chi connectivity index (χ0n) is 8.26. The second-order valence-corrected chi connectivity index (χ2v) is 4.88. The molecule has 0 aliphatic rings. The normalized spacial score (nSPS) is 11.8. The zero-order valence-corrected chi connectivity index (χ0v) is 9.85. The summed E-state index contributed by atoms with van der Waals surface area (Å²) in [6, 6.07) is 4.00. The number of hydrogen-bond donors (Lipinski definition) is 1. The molecule has 0 bridgehead atoms. The Bertz CT molecular complexity index is 302. The molecule has 0 aliphatic carbocycles. The average Bonchev–Trinajstić information content (AvgIpc) is 1.94. The predicted molar refractivity (Wildman–Crippen MR) is 58.6 cm³/mol. The Hall–Kier alpha value is -0.410. The maximum absolute atomic E-state index is 5.93. The number of aryl methyl sites for hydroxylation is 1. The van der Waals surface area contributed by atoms with Crippen molar-refractivity contribution in [1.29, 1.82) is 0 Å². The molecule has 0 atom stereocenters. The van der Waals surface area contributed by atoms with E-state index in [1.54, 1.807) is 0 Å². The van der Waals surface area contributed by atoms with Crippen LogP contribution in [0.5, 0.6) is 0 Å². The summed E-state index contributed by atoms with van der Waals surface area (Å²) < 4.78 is 0.873. The maximum Gasteiger partial charge on any atom is 0.106 e. The third-order valence-electron chi connectivity index (χ3n) is 1.79. The van der Waals surface area contributed by atoms with E-state index in [4.69, 9.17) is 5.73 Å². The van der Waals surface area contributed by atoms with Crippen LogP contribution in [-0.4, -0.2) is 10.5 Å². The highest BCUT2D eigenvalue weighted by Gasteiger charge is 2.14. The minimum atomic E-state index is -0.196. The zero-order chi connectivity index (χ0) is 10.1. The molecule has 2 N–H and O–H groups in total. The highest BCUT2D eigenvalue weighted by atomic mass is 79.9. The van der Waals surface area contributed by atoms with Crippen LogP contribution in [0.4, 0.5) is 0 Å². The van der Waals surface area contributed by atoms with Gasteiger partial charge in [-0.05, 0) is 48.3 Å². The van der Waals surface area contributed by atoms with Crippen LogP contribution in [0.3, 0.4) is 0 Å². The third-order valence-corrected chi connectivity index (χ3v) is 2.23. The van der Waals surface area contributed by atoms with Crippen LogP contribution in [0.15, 0.2) is 16.7 Å². The van der Waals surface area contributed by atoms with Gasteiger partial charge in [0, 0.05) is 17.7 Å². The summed E-state index contributed by atoms with van der Waals surface area (Å²) in [5.41, 5.74) is 8.00. The molecule has 0 fully saturated rings. The smallest absolute Gasteiger partial charge is 0.106 e. The fraction of sp³-hybridized carbons (Fsp3) is 0.500. The van der Waals surface area contributed by atoms with Crippen molar-refractivity contribution < 1.29 is 0 Å². The first-order valence-electron chi connectivity index (χ1n) is 4.29. The first kappa shape index (κ1) is 10.7. The SMILES string of the molecule is Cc1ccc(Br)nc1CC(C)(C)N. The molecule has 0 radical (unpaired) electrons. The maximum atomic E-state index is 5.93. The van der Waals surface area contributed by atoms with Gasteiger partial charge in [0.25, 0.3) is 0 Å². The van der Waals surface area contributed by atoms with E-state index in [0.29, 0.717) is 0 Å². The van der Waals surface area contributed by atoms with Crippen molar-refractivity contribution in [2.45, 2.75) is 32.7 Å². The van der Waals surface area contributed by atoms with Crippen LogP contribution in [0.2, 0.25) is 0 Å². The summed E-state index contributed by atoms with van der Waals surface area (Å²) in [6.45, 7) is 6.07. The van der Waals surface area contributed by atoms with Crippen LogP contribution >= 0.6 is 15.9 Å². The van der Waals surface area contributed by atoms with Crippen molar-refractivity contribution in [2.75, 3.05) is 0 Å². The average molecular weight is 243 g/mol. The van der Waals surface area contributed by atoms with Gasteiger partial charge >= 0.3 is 0 Å². The second-order valence-electron chi connectivity index (χ2n) is 4.06. The number of nitrogens with zero attached hydrogens (tertiary/aromatic N) is 1. The number of nitrogens with two attached hydrogens (primary N) is 1. The minimum Gasteiger partial charge on any atom is -0.325 e. The van der Waals surface area contributed by atoms with E-state index in [1.807, 2.05) is 19.9 Å². The van der Waals surface area contributed by atoms with E-state index in [-0.39, 0.29) is 5.54 Å². The molecule has 0 spiro atoms. The quantitative estimate of drug-likeness (QED) is 0.810. The van der Waals surface area contributed by atoms with Crippen LogP contribution in [0.1, 0.15) is 25.1 Å². The molecule has 0 aromatic carbocycles. The summed E-state index contributed by atoms with van der Waals surface area (Å²) in [5, 5.41) is 0. The number of pyridine rings is 1. The van der Waals surface area contributed by atoms with Gasteiger partial charge in [-0.2, -0.15) is 0 Å². The summed E-state index contributed by atoms with van der Waals surface area (Å²) in [4.78, 5) is 4.39. The van der Waals surface area contributed by atoms with Crippen molar-refractivity contribution in [3.63, 3.8) is 0 Å². The van der Waals surface area contributed by atoms with E-state index >= 15 is 0 Å². The van der Waals surface area contributed by atoms with Crippen molar-refractivity contribution in [2.24, 2.45) is 5.73 Å². The minimum absolute atomic E-state index is 0.196.